The largest absolute Gasteiger partial charge is 0.481 e. The lowest BCUT2D eigenvalue weighted by Gasteiger charge is -2.09. The summed E-state index contributed by atoms with van der Waals surface area (Å²) in [6, 6.07) is -2.83. The molecule has 6 N–H and O–H groups in total. The van der Waals surface area contributed by atoms with Crippen LogP contribution in [0.15, 0.2) is 25.3 Å². The minimum absolute atomic E-state index is 0.658. The van der Waals surface area contributed by atoms with E-state index in [1.807, 2.05) is 10.6 Å². The molecule has 0 aliphatic heterocycles. The standard InChI is InChI=1S/2C7H9NO5/c2*1-2-5(9)8-4(7(12)13)3-6(10)11/h2*2,4H,1,3H2,(H,8,9)(H,10,11)(H,12,13)/t2*4-/m00/s1. The van der Waals surface area contributed by atoms with E-state index in [1.165, 1.54) is 0 Å². The van der Waals surface area contributed by atoms with Crippen molar-refractivity contribution in [3.8, 4) is 0 Å². The zero-order valence-corrected chi connectivity index (χ0v) is 13.4. The number of rotatable bonds is 10. The van der Waals surface area contributed by atoms with Gasteiger partial charge < -0.3 is 31.1 Å². The van der Waals surface area contributed by atoms with E-state index >= 15 is 0 Å². The second kappa shape index (κ2) is 12.7. The maximum atomic E-state index is 10.6. The molecule has 0 aromatic carbocycles. The van der Waals surface area contributed by atoms with Crippen molar-refractivity contribution < 1.29 is 49.2 Å². The molecule has 2 atom stereocenters. The number of carbonyl (C=O) groups excluding carboxylic acids is 2. The topological polar surface area (TPSA) is 207 Å². The van der Waals surface area contributed by atoms with Gasteiger partial charge in [0.05, 0.1) is 12.8 Å². The van der Waals surface area contributed by atoms with Gasteiger partial charge in [-0.05, 0) is 12.2 Å². The van der Waals surface area contributed by atoms with E-state index in [0.29, 0.717) is 0 Å². The van der Waals surface area contributed by atoms with Gasteiger partial charge in [-0.3, -0.25) is 19.2 Å². The second-order valence-corrected chi connectivity index (χ2v) is 4.40. The molecule has 12 heteroatoms. The van der Waals surface area contributed by atoms with Crippen LogP contribution in [0.4, 0.5) is 0 Å². The molecule has 0 aromatic heterocycles. The molecule has 0 bridgehead atoms. The third-order valence-electron chi connectivity index (χ3n) is 2.36. The lowest BCUT2D eigenvalue weighted by atomic mass is 10.2. The molecule has 0 aliphatic rings. The highest BCUT2D eigenvalue weighted by Gasteiger charge is 2.22. The Labute approximate surface area is 146 Å². The number of carbonyl (C=O) groups is 6. The fourth-order valence-electron chi connectivity index (χ4n) is 1.21. The van der Waals surface area contributed by atoms with E-state index in [-0.39, 0.29) is 0 Å². The maximum Gasteiger partial charge on any atom is 0.326 e. The molecule has 12 nitrogen and oxygen atoms in total. The van der Waals surface area contributed by atoms with E-state index in [1.54, 1.807) is 0 Å². The van der Waals surface area contributed by atoms with Gasteiger partial charge >= 0.3 is 23.9 Å². The van der Waals surface area contributed by atoms with E-state index in [2.05, 4.69) is 13.2 Å². The first-order valence-corrected chi connectivity index (χ1v) is 6.69. The number of nitrogens with one attached hydrogen (secondary N) is 2. The highest BCUT2D eigenvalue weighted by atomic mass is 16.4. The molecule has 0 rings (SSSR count). The highest BCUT2D eigenvalue weighted by molar-refractivity contribution is 5.92. The fourth-order valence-corrected chi connectivity index (χ4v) is 1.21. The molecular formula is C14H18N2O10. The summed E-state index contributed by atoms with van der Waals surface area (Å²) >= 11 is 0. The molecule has 2 amide bonds. The summed E-state index contributed by atoms with van der Waals surface area (Å²) < 4.78 is 0. The van der Waals surface area contributed by atoms with E-state index in [0.717, 1.165) is 12.2 Å². The molecule has 0 fully saturated rings. The monoisotopic (exact) mass is 374 g/mol. The highest BCUT2D eigenvalue weighted by Crippen LogP contribution is 1.93. The van der Waals surface area contributed by atoms with Gasteiger partial charge in [0.25, 0.3) is 0 Å². The Morgan fingerprint density at radius 2 is 0.962 bits per heavy atom. The van der Waals surface area contributed by atoms with Crippen LogP contribution in [0, 0.1) is 0 Å². The van der Waals surface area contributed by atoms with Gasteiger partial charge in [0.15, 0.2) is 0 Å². The summed E-state index contributed by atoms with van der Waals surface area (Å²) in [5.41, 5.74) is 0. The first-order valence-electron chi connectivity index (χ1n) is 6.69. The third kappa shape index (κ3) is 12.8. The van der Waals surface area contributed by atoms with Crippen molar-refractivity contribution in [3.63, 3.8) is 0 Å². The summed E-state index contributed by atoms with van der Waals surface area (Å²) in [6.45, 7) is 6.20. The Balaban J connectivity index is 0. The molecular weight excluding hydrogens is 356 g/mol. The van der Waals surface area contributed by atoms with Gasteiger partial charge in [0, 0.05) is 0 Å². The molecule has 0 heterocycles. The first kappa shape index (κ1) is 24.6. The lowest BCUT2D eigenvalue weighted by molar-refractivity contribution is -0.146. The van der Waals surface area contributed by atoms with Crippen LogP contribution >= 0.6 is 0 Å². The zero-order chi connectivity index (χ0) is 20.9. The molecule has 0 radical (unpaired) electrons. The van der Waals surface area contributed by atoms with Crippen molar-refractivity contribution in [1.82, 2.24) is 10.6 Å². The van der Waals surface area contributed by atoms with Crippen molar-refractivity contribution >= 4 is 35.7 Å². The van der Waals surface area contributed by atoms with Gasteiger partial charge in [-0.1, -0.05) is 13.2 Å². The minimum atomic E-state index is -1.41. The van der Waals surface area contributed by atoms with E-state index < -0.39 is 60.6 Å². The van der Waals surface area contributed by atoms with Crippen LogP contribution in [-0.4, -0.2) is 68.2 Å². The van der Waals surface area contributed by atoms with E-state index in [4.69, 9.17) is 20.4 Å². The average molecular weight is 374 g/mol. The summed E-state index contributed by atoms with van der Waals surface area (Å²) in [5.74, 6) is -6.80. The van der Waals surface area contributed by atoms with Crippen molar-refractivity contribution in [2.24, 2.45) is 0 Å². The van der Waals surface area contributed by atoms with Crippen LogP contribution in [0.1, 0.15) is 12.8 Å². The molecule has 0 spiro atoms. The Bertz CT molecular complexity index is 547. The second-order valence-electron chi connectivity index (χ2n) is 4.40. The van der Waals surface area contributed by atoms with Crippen molar-refractivity contribution in [2.45, 2.75) is 24.9 Å². The number of hydrogen-bond donors (Lipinski definition) is 6. The molecule has 0 unspecified atom stereocenters. The van der Waals surface area contributed by atoms with Crippen molar-refractivity contribution in [3.05, 3.63) is 25.3 Å². The lowest BCUT2D eigenvalue weighted by Crippen LogP contribution is -2.41. The molecule has 0 aliphatic carbocycles. The van der Waals surface area contributed by atoms with Gasteiger partial charge in [-0.2, -0.15) is 0 Å². The van der Waals surface area contributed by atoms with Crippen molar-refractivity contribution in [2.75, 3.05) is 0 Å². The number of amides is 2. The predicted molar refractivity (Wildman–Crippen MR) is 84.0 cm³/mol. The SMILES string of the molecule is C=CC(=O)N[C@@H](CC(=O)O)C(=O)O.C=CC(=O)N[C@@H](CC(=O)O)C(=O)O. The fraction of sp³-hybridized carbons (Fsp3) is 0.286. The van der Waals surface area contributed by atoms with Crippen LogP contribution in [0.2, 0.25) is 0 Å². The quantitative estimate of drug-likeness (QED) is 0.242. The first-order chi connectivity index (χ1) is 11.9. The van der Waals surface area contributed by atoms with Crippen LogP contribution in [0.5, 0.6) is 0 Å². The van der Waals surface area contributed by atoms with Crippen molar-refractivity contribution in [1.29, 1.82) is 0 Å². The summed E-state index contributed by atoms with van der Waals surface area (Å²) in [4.78, 5) is 62.3. The Kier molecular flexibility index (Phi) is 12.0. The summed E-state index contributed by atoms with van der Waals surface area (Å²) in [7, 11) is 0. The Hall–Kier alpha value is -3.70. The summed E-state index contributed by atoms with van der Waals surface area (Å²) in [5, 5.41) is 37.4. The number of aliphatic carboxylic acids is 4. The molecule has 0 aromatic rings. The molecule has 144 valence electrons. The molecule has 0 saturated carbocycles. The number of carboxylic acids is 4. The third-order valence-corrected chi connectivity index (χ3v) is 2.36. The molecule has 0 saturated heterocycles. The van der Waals surface area contributed by atoms with Crippen LogP contribution in [0.3, 0.4) is 0 Å². The Morgan fingerprint density at radius 3 is 1.12 bits per heavy atom. The zero-order valence-electron chi connectivity index (χ0n) is 13.4. The molecule has 26 heavy (non-hydrogen) atoms. The number of hydrogen-bond acceptors (Lipinski definition) is 6. The maximum absolute atomic E-state index is 10.6. The van der Waals surface area contributed by atoms with E-state index in [9.17, 15) is 28.8 Å². The normalized spacial score (nSPS) is 11.4. The number of carboxylic acid groups (broad SMARTS) is 4. The Morgan fingerprint density at radius 1 is 0.692 bits per heavy atom. The predicted octanol–water partition coefficient (Wildman–Crippen LogP) is -1.57. The van der Waals surface area contributed by atoms with Gasteiger partial charge in [-0.25, -0.2) is 9.59 Å². The van der Waals surface area contributed by atoms with Crippen LogP contribution in [0.25, 0.3) is 0 Å². The van der Waals surface area contributed by atoms with Crippen LogP contribution in [-0.2, 0) is 28.8 Å². The van der Waals surface area contributed by atoms with Crippen LogP contribution < -0.4 is 10.6 Å². The smallest absolute Gasteiger partial charge is 0.326 e. The summed E-state index contributed by atoms with van der Waals surface area (Å²) in [6.07, 6.45) is 0.430. The minimum Gasteiger partial charge on any atom is -0.481 e. The van der Waals surface area contributed by atoms with Gasteiger partial charge in [0.1, 0.15) is 12.1 Å². The van der Waals surface area contributed by atoms with Gasteiger partial charge in [0.2, 0.25) is 11.8 Å². The van der Waals surface area contributed by atoms with Gasteiger partial charge in [-0.15, -0.1) is 0 Å². The average Bonchev–Trinajstić information content (AvgIpc) is 2.52.